The van der Waals surface area contributed by atoms with Crippen LogP contribution in [0.2, 0.25) is 0 Å². The van der Waals surface area contributed by atoms with E-state index >= 15 is 0 Å². The van der Waals surface area contributed by atoms with E-state index in [1.807, 2.05) is 0 Å². The van der Waals surface area contributed by atoms with Gasteiger partial charge in [-0.2, -0.15) is 0 Å². The molecule has 1 aromatic carbocycles. The molecule has 0 saturated carbocycles. The molecule has 2 heterocycles. The first-order valence-electron chi connectivity index (χ1n) is 8.68. The topological polar surface area (TPSA) is 79.5 Å². The van der Waals surface area contributed by atoms with Crippen LogP contribution in [-0.2, 0) is 9.53 Å². The molecule has 0 unspecified atom stereocenters. The maximum Gasteiger partial charge on any atom is 0.355 e. The van der Waals surface area contributed by atoms with Crippen LogP contribution in [-0.4, -0.2) is 41.0 Å². The number of carbonyl (C=O) groups excluding carboxylic acids is 2. The molecular formula is C19H22N2O4. The maximum atomic E-state index is 12.5. The number of aromatic amines is 1. The van der Waals surface area contributed by atoms with Crippen molar-refractivity contribution in [1.29, 1.82) is 0 Å². The first-order valence-corrected chi connectivity index (χ1v) is 8.68. The van der Waals surface area contributed by atoms with Gasteiger partial charge in [-0.25, -0.2) is 4.79 Å². The summed E-state index contributed by atoms with van der Waals surface area (Å²) >= 11 is 0. The van der Waals surface area contributed by atoms with Crippen molar-refractivity contribution in [1.82, 2.24) is 9.88 Å². The first kappa shape index (κ1) is 17.2. The smallest absolute Gasteiger partial charge is 0.355 e. The highest BCUT2D eigenvalue weighted by Crippen LogP contribution is 2.14. The van der Waals surface area contributed by atoms with E-state index in [-0.39, 0.29) is 17.2 Å². The van der Waals surface area contributed by atoms with E-state index in [9.17, 15) is 14.4 Å². The zero-order valence-electron chi connectivity index (χ0n) is 14.3. The molecule has 0 aliphatic carbocycles. The molecule has 0 radical (unpaired) electrons. The van der Waals surface area contributed by atoms with Crippen molar-refractivity contribution in [2.24, 2.45) is 0 Å². The van der Waals surface area contributed by atoms with Crippen LogP contribution < -0.4 is 5.56 Å². The number of esters is 1. The summed E-state index contributed by atoms with van der Waals surface area (Å²) in [4.78, 5) is 41.2. The summed E-state index contributed by atoms with van der Waals surface area (Å²) < 4.78 is 5.30. The van der Waals surface area contributed by atoms with Gasteiger partial charge < -0.3 is 14.6 Å². The molecule has 1 saturated heterocycles. The third-order valence-corrected chi connectivity index (χ3v) is 4.52. The number of benzene rings is 1. The lowest BCUT2D eigenvalue weighted by Crippen LogP contribution is -2.40. The number of carbonyl (C=O) groups is 2. The summed E-state index contributed by atoms with van der Waals surface area (Å²) in [7, 11) is 0. The molecule has 1 N–H and O–H groups in total. The lowest BCUT2D eigenvalue weighted by atomic mass is 10.1. The van der Waals surface area contributed by atoms with E-state index in [4.69, 9.17) is 4.74 Å². The molecule has 0 spiro atoms. The number of pyridine rings is 1. The van der Waals surface area contributed by atoms with Gasteiger partial charge in [0.05, 0.1) is 0 Å². The molecule has 3 rings (SSSR count). The Kier molecular flexibility index (Phi) is 5.16. The Morgan fingerprint density at radius 3 is 2.52 bits per heavy atom. The predicted molar refractivity (Wildman–Crippen MR) is 94.5 cm³/mol. The fourth-order valence-corrected chi connectivity index (χ4v) is 3.14. The standard InChI is InChI=1S/C19H22N2O4/c1-13(18(23)21-10-6-2-3-7-11-21)25-19(24)16-12-14-8-4-5-9-15(14)17(22)20-16/h4-5,8-9,12-13H,2-3,6-7,10-11H2,1H3,(H,20,22)/t13-/m1/s1. The van der Waals surface area contributed by atoms with Gasteiger partial charge >= 0.3 is 5.97 Å². The zero-order valence-corrected chi connectivity index (χ0v) is 14.3. The summed E-state index contributed by atoms with van der Waals surface area (Å²) in [6.45, 7) is 2.98. The van der Waals surface area contributed by atoms with Crippen molar-refractivity contribution in [2.75, 3.05) is 13.1 Å². The third kappa shape index (κ3) is 3.90. The van der Waals surface area contributed by atoms with Crippen molar-refractivity contribution in [3.8, 4) is 0 Å². The lowest BCUT2D eigenvalue weighted by molar-refractivity contribution is -0.139. The van der Waals surface area contributed by atoms with Crippen LogP contribution in [0.15, 0.2) is 35.1 Å². The van der Waals surface area contributed by atoms with Crippen LogP contribution in [0, 0.1) is 0 Å². The number of nitrogens with zero attached hydrogens (tertiary/aromatic N) is 1. The Bertz CT molecular complexity index is 835. The molecule has 1 atom stereocenters. The van der Waals surface area contributed by atoms with Crippen LogP contribution in [0.5, 0.6) is 0 Å². The Hall–Kier alpha value is -2.63. The summed E-state index contributed by atoms with van der Waals surface area (Å²) in [6, 6.07) is 8.57. The summed E-state index contributed by atoms with van der Waals surface area (Å²) in [5.41, 5.74) is -0.296. The fourth-order valence-electron chi connectivity index (χ4n) is 3.14. The van der Waals surface area contributed by atoms with Crippen molar-refractivity contribution in [2.45, 2.75) is 38.7 Å². The van der Waals surface area contributed by atoms with Gasteiger partial charge in [0.15, 0.2) is 6.10 Å². The van der Waals surface area contributed by atoms with E-state index in [1.54, 1.807) is 42.2 Å². The van der Waals surface area contributed by atoms with Crippen molar-refractivity contribution < 1.29 is 14.3 Å². The molecule has 0 bridgehead atoms. The molecule has 132 valence electrons. The molecule has 1 amide bonds. The highest BCUT2D eigenvalue weighted by Gasteiger charge is 2.25. The average Bonchev–Trinajstić information content (AvgIpc) is 2.90. The van der Waals surface area contributed by atoms with Gasteiger partial charge in [0, 0.05) is 18.5 Å². The first-order chi connectivity index (χ1) is 12.1. The van der Waals surface area contributed by atoms with E-state index < -0.39 is 12.1 Å². The van der Waals surface area contributed by atoms with Gasteiger partial charge in [-0.15, -0.1) is 0 Å². The van der Waals surface area contributed by atoms with Gasteiger partial charge in [0.25, 0.3) is 11.5 Å². The number of hydrogen-bond donors (Lipinski definition) is 1. The number of H-pyrrole nitrogens is 1. The molecule has 6 heteroatoms. The van der Waals surface area contributed by atoms with Gasteiger partial charge in [-0.3, -0.25) is 9.59 Å². The Morgan fingerprint density at radius 2 is 1.80 bits per heavy atom. The SMILES string of the molecule is C[C@@H](OC(=O)c1cc2ccccc2c(=O)[nH]1)C(=O)N1CCCCCC1. The van der Waals surface area contributed by atoms with E-state index in [0.717, 1.165) is 25.7 Å². The number of nitrogens with one attached hydrogen (secondary N) is 1. The second-order valence-corrected chi connectivity index (χ2v) is 6.39. The monoisotopic (exact) mass is 342 g/mol. The van der Waals surface area contributed by atoms with Crippen LogP contribution in [0.1, 0.15) is 43.1 Å². The summed E-state index contributed by atoms with van der Waals surface area (Å²) in [5, 5.41) is 1.16. The number of rotatable bonds is 3. The number of hydrogen-bond acceptors (Lipinski definition) is 4. The molecule has 1 fully saturated rings. The highest BCUT2D eigenvalue weighted by atomic mass is 16.5. The number of fused-ring (bicyclic) bond motifs is 1. The minimum atomic E-state index is -0.874. The molecule has 1 aliphatic rings. The second kappa shape index (κ2) is 7.51. The lowest BCUT2D eigenvalue weighted by Gasteiger charge is -2.23. The van der Waals surface area contributed by atoms with Gasteiger partial charge in [0.1, 0.15) is 5.69 Å². The number of amides is 1. The van der Waals surface area contributed by atoms with E-state index in [2.05, 4.69) is 4.98 Å². The van der Waals surface area contributed by atoms with E-state index in [0.29, 0.717) is 23.9 Å². The normalized spacial score (nSPS) is 16.3. The Balaban J connectivity index is 1.73. The molecule has 1 aliphatic heterocycles. The van der Waals surface area contributed by atoms with Crippen molar-refractivity contribution in [3.05, 3.63) is 46.4 Å². The second-order valence-electron chi connectivity index (χ2n) is 6.39. The van der Waals surface area contributed by atoms with Crippen molar-refractivity contribution in [3.63, 3.8) is 0 Å². The van der Waals surface area contributed by atoms with E-state index in [1.165, 1.54) is 0 Å². The highest BCUT2D eigenvalue weighted by molar-refractivity contribution is 5.94. The maximum absolute atomic E-state index is 12.5. The molecule has 6 nitrogen and oxygen atoms in total. The Morgan fingerprint density at radius 1 is 1.12 bits per heavy atom. The summed E-state index contributed by atoms with van der Waals surface area (Å²) in [5.74, 6) is -0.878. The Labute approximate surface area is 145 Å². The van der Waals surface area contributed by atoms with Crippen molar-refractivity contribution >= 4 is 22.6 Å². The van der Waals surface area contributed by atoms with Crippen LogP contribution in [0.25, 0.3) is 10.8 Å². The zero-order chi connectivity index (χ0) is 17.8. The molecule has 25 heavy (non-hydrogen) atoms. The average molecular weight is 342 g/mol. The van der Waals surface area contributed by atoms with Crippen LogP contribution in [0.3, 0.4) is 0 Å². The number of ether oxygens (including phenoxy) is 1. The minimum Gasteiger partial charge on any atom is -0.448 e. The largest absolute Gasteiger partial charge is 0.448 e. The third-order valence-electron chi connectivity index (χ3n) is 4.52. The van der Waals surface area contributed by atoms with Gasteiger partial charge in [-0.1, -0.05) is 31.0 Å². The van der Waals surface area contributed by atoms with Crippen LogP contribution in [0.4, 0.5) is 0 Å². The minimum absolute atomic E-state index is 0.0548. The number of likely N-dealkylation sites (tertiary alicyclic amines) is 1. The van der Waals surface area contributed by atoms with Gasteiger partial charge in [0.2, 0.25) is 0 Å². The van der Waals surface area contributed by atoms with Gasteiger partial charge in [-0.05, 0) is 37.3 Å². The predicted octanol–water partition coefficient (Wildman–Crippen LogP) is 2.48. The van der Waals surface area contributed by atoms with Crippen LogP contribution >= 0.6 is 0 Å². The molecular weight excluding hydrogens is 320 g/mol. The molecule has 2 aromatic rings. The molecule has 1 aromatic heterocycles. The quantitative estimate of drug-likeness (QED) is 0.869. The fraction of sp³-hybridized carbons (Fsp3) is 0.421. The number of aromatic nitrogens is 1. The summed E-state index contributed by atoms with van der Waals surface area (Å²) in [6.07, 6.45) is 3.32.